The van der Waals surface area contributed by atoms with Crippen LogP contribution in [0.5, 0.6) is 0 Å². The summed E-state index contributed by atoms with van der Waals surface area (Å²) < 4.78 is 97.7. The number of anilines is 2. The topological polar surface area (TPSA) is 131 Å². The number of halogens is 4. The first-order chi connectivity index (χ1) is 30.4. The first-order valence-corrected chi connectivity index (χ1v) is 24.9. The minimum Gasteiger partial charge on any atom is -0.380 e. The summed E-state index contributed by atoms with van der Waals surface area (Å²) in [4.78, 5) is 23.1. The molecule has 0 radical (unpaired) electrons. The predicted molar refractivity (Wildman–Crippen MR) is 248 cm³/mol. The minimum atomic E-state index is -6.07. The Morgan fingerprint density at radius 2 is 1.53 bits per heavy atom. The zero-order chi connectivity index (χ0) is 45.7. The molecule has 1 saturated heterocycles. The van der Waals surface area contributed by atoms with Crippen LogP contribution in [0.4, 0.5) is 24.5 Å². The maximum atomic E-state index is 14.2. The van der Waals surface area contributed by atoms with Gasteiger partial charge in [-0.3, -0.25) is 14.7 Å². The van der Waals surface area contributed by atoms with E-state index in [9.17, 15) is 34.8 Å². The number of thioether (sulfide) groups is 1. The van der Waals surface area contributed by atoms with E-state index in [1.807, 2.05) is 90.2 Å². The SMILES string of the molecule is CC1(C)CN(CC[C@H](CSc2ccccc2)Nc2ccc(S(=O)(=O)NC(=O)c3ccc(N4CCN(Cc5ccccc5-c5ccc(Cl)cc5)CC4)cc3)cc2S(=O)(=O)C(F)(F)F)C=N1. The molecule has 0 aromatic heterocycles. The molecular weight excluding hydrogens is 905 g/mol. The highest BCUT2D eigenvalue weighted by molar-refractivity contribution is 7.99. The number of aliphatic imine (C=N–C) groups is 1. The highest BCUT2D eigenvalue weighted by atomic mass is 35.5. The first kappa shape index (κ1) is 46.9. The van der Waals surface area contributed by atoms with Gasteiger partial charge in [0.1, 0.15) is 4.90 Å². The number of carbonyl (C=O) groups is 1. The van der Waals surface area contributed by atoms with Crippen LogP contribution in [0.15, 0.2) is 141 Å². The number of benzene rings is 5. The molecule has 11 nitrogen and oxygen atoms in total. The molecule has 64 heavy (non-hydrogen) atoms. The fourth-order valence-corrected chi connectivity index (χ4v) is 10.7. The molecule has 5 aromatic rings. The Hall–Kier alpha value is -5.07. The largest absolute Gasteiger partial charge is 0.501 e. The van der Waals surface area contributed by atoms with Crippen LogP contribution >= 0.6 is 23.4 Å². The van der Waals surface area contributed by atoms with Crippen LogP contribution < -0.4 is 14.9 Å². The average Bonchev–Trinajstić information content (AvgIpc) is 3.63. The van der Waals surface area contributed by atoms with E-state index in [4.69, 9.17) is 11.6 Å². The lowest BCUT2D eigenvalue weighted by molar-refractivity contribution is -0.0435. The molecule has 0 bridgehead atoms. The van der Waals surface area contributed by atoms with E-state index >= 15 is 0 Å². The third-order valence-corrected chi connectivity index (χ3v) is 15.3. The number of alkyl halides is 3. The average molecular weight is 954 g/mol. The van der Waals surface area contributed by atoms with Crippen LogP contribution in [-0.2, 0) is 26.4 Å². The Morgan fingerprint density at radius 1 is 0.859 bits per heavy atom. The van der Waals surface area contributed by atoms with E-state index in [0.29, 0.717) is 49.4 Å². The van der Waals surface area contributed by atoms with Gasteiger partial charge in [0.15, 0.2) is 0 Å². The molecule has 2 heterocycles. The van der Waals surface area contributed by atoms with Gasteiger partial charge < -0.3 is 15.1 Å². The number of hydrogen-bond donors (Lipinski definition) is 2. The number of nitrogens with one attached hydrogen (secondary N) is 2. The molecule has 7 rings (SSSR count). The van der Waals surface area contributed by atoms with Gasteiger partial charge in [0.05, 0.1) is 22.5 Å². The summed E-state index contributed by atoms with van der Waals surface area (Å²) >= 11 is 7.54. The van der Waals surface area contributed by atoms with Crippen LogP contribution in [0.1, 0.15) is 36.2 Å². The van der Waals surface area contributed by atoms with Crippen LogP contribution in [-0.4, -0.2) is 101 Å². The van der Waals surface area contributed by atoms with Crippen molar-refractivity contribution in [2.75, 3.05) is 55.2 Å². The maximum Gasteiger partial charge on any atom is 0.501 e. The van der Waals surface area contributed by atoms with Crippen LogP contribution in [0, 0.1) is 0 Å². The van der Waals surface area contributed by atoms with E-state index in [1.165, 1.54) is 29.5 Å². The molecule has 2 aliphatic rings. The lowest BCUT2D eigenvalue weighted by Crippen LogP contribution is -2.46. The molecule has 5 aromatic carbocycles. The van der Waals surface area contributed by atoms with Crippen molar-refractivity contribution in [3.05, 3.63) is 137 Å². The molecule has 0 aliphatic carbocycles. The third kappa shape index (κ3) is 11.6. The van der Waals surface area contributed by atoms with Crippen molar-refractivity contribution in [2.45, 2.75) is 58.6 Å². The lowest BCUT2D eigenvalue weighted by atomic mass is 9.99. The van der Waals surface area contributed by atoms with Gasteiger partial charge in [-0.1, -0.05) is 66.2 Å². The molecule has 2 N–H and O–H groups in total. The van der Waals surface area contributed by atoms with Gasteiger partial charge in [-0.2, -0.15) is 13.2 Å². The van der Waals surface area contributed by atoms with Gasteiger partial charge in [0.2, 0.25) is 0 Å². The lowest BCUT2D eigenvalue weighted by Gasteiger charge is -2.36. The van der Waals surface area contributed by atoms with Crippen molar-refractivity contribution in [2.24, 2.45) is 4.99 Å². The fraction of sp³-hybridized carbons (Fsp3) is 0.304. The molecule has 1 amide bonds. The summed E-state index contributed by atoms with van der Waals surface area (Å²) in [5, 5.41) is 3.65. The summed E-state index contributed by atoms with van der Waals surface area (Å²) in [6.07, 6.45) is 2.11. The third-order valence-electron chi connectivity index (χ3n) is 11.0. The minimum absolute atomic E-state index is 0.0172. The number of nitrogens with zero attached hydrogens (tertiary/aromatic N) is 4. The smallest absolute Gasteiger partial charge is 0.380 e. The van der Waals surface area contributed by atoms with E-state index in [2.05, 4.69) is 32.2 Å². The van der Waals surface area contributed by atoms with Crippen molar-refractivity contribution >= 4 is 66.8 Å². The molecule has 0 saturated carbocycles. The number of hydrogen-bond acceptors (Lipinski definition) is 11. The van der Waals surface area contributed by atoms with Crippen LogP contribution in [0.2, 0.25) is 5.02 Å². The number of amides is 1. The molecule has 2 aliphatic heterocycles. The zero-order valence-corrected chi connectivity index (χ0v) is 38.3. The fourth-order valence-electron chi connectivity index (χ4n) is 7.58. The van der Waals surface area contributed by atoms with Crippen molar-refractivity contribution in [3.8, 4) is 11.1 Å². The first-order valence-electron chi connectivity index (χ1n) is 20.5. The highest BCUT2D eigenvalue weighted by Crippen LogP contribution is 2.37. The van der Waals surface area contributed by atoms with E-state index < -0.39 is 52.8 Å². The molecular formula is C46H48ClF3N6O5S3. The molecule has 18 heteroatoms. The van der Waals surface area contributed by atoms with Gasteiger partial charge in [-0.25, -0.2) is 21.6 Å². The number of rotatable bonds is 16. The Bertz CT molecular complexity index is 2680. The Morgan fingerprint density at radius 3 is 2.19 bits per heavy atom. The maximum absolute atomic E-state index is 14.2. The summed E-state index contributed by atoms with van der Waals surface area (Å²) in [6, 6.07) is 33.5. The van der Waals surface area contributed by atoms with E-state index in [0.717, 1.165) is 53.5 Å². The van der Waals surface area contributed by atoms with E-state index in [1.54, 1.807) is 18.5 Å². The van der Waals surface area contributed by atoms with Crippen LogP contribution in [0.3, 0.4) is 0 Å². The van der Waals surface area contributed by atoms with Crippen molar-refractivity contribution in [3.63, 3.8) is 0 Å². The quantitative estimate of drug-likeness (QED) is 0.0926. The van der Waals surface area contributed by atoms with Gasteiger partial charge in [-0.15, -0.1) is 11.8 Å². The number of sulfonamides is 1. The summed E-state index contributed by atoms with van der Waals surface area (Å²) in [5.74, 6) is -0.694. The Kier molecular flexibility index (Phi) is 14.3. The predicted octanol–water partition coefficient (Wildman–Crippen LogP) is 8.83. The Labute approximate surface area is 381 Å². The summed E-state index contributed by atoms with van der Waals surface area (Å²) in [6.45, 7) is 8.76. The zero-order valence-electron chi connectivity index (χ0n) is 35.1. The molecule has 338 valence electrons. The molecule has 0 unspecified atom stereocenters. The summed E-state index contributed by atoms with van der Waals surface area (Å²) in [5.41, 5.74) is -2.25. The number of piperazine rings is 1. The number of sulfone groups is 1. The van der Waals surface area contributed by atoms with Gasteiger partial charge >= 0.3 is 5.51 Å². The van der Waals surface area contributed by atoms with E-state index in [-0.39, 0.29) is 11.1 Å². The van der Waals surface area contributed by atoms with Crippen molar-refractivity contribution in [1.29, 1.82) is 0 Å². The second-order valence-electron chi connectivity index (χ2n) is 16.3. The molecule has 0 spiro atoms. The standard InChI is InChI=1S/C46H48ClF3N6O5S3/c1-45(2)31-55(32-51-45)23-22-37(30-62-39-9-4-3-5-10-39)52-42-21-20-40(28-43(42)63(58,59)46(48,49)50)64(60,61)53-44(57)34-14-18-38(19-15-34)56-26-24-54(25-27-56)29-35-8-6-7-11-41(35)33-12-16-36(47)17-13-33/h3-21,28,32,37,52H,22-27,29-31H2,1-2H3,(H,53,57)/t37-/m1/s1. The summed E-state index contributed by atoms with van der Waals surface area (Å²) in [7, 11) is -10.9. The van der Waals surface area contributed by atoms with Crippen molar-refractivity contribution in [1.82, 2.24) is 14.5 Å². The molecule has 1 atom stereocenters. The number of carbonyl (C=O) groups excluding carboxylic acids is 1. The highest BCUT2D eigenvalue weighted by Gasteiger charge is 2.48. The molecule has 1 fully saturated rings. The van der Waals surface area contributed by atoms with Gasteiger partial charge in [0.25, 0.3) is 25.8 Å². The normalized spacial score (nSPS) is 16.2. The van der Waals surface area contributed by atoms with Gasteiger partial charge in [-0.05, 0) is 104 Å². The Balaban J connectivity index is 1.02. The van der Waals surface area contributed by atoms with Crippen LogP contribution in [0.25, 0.3) is 11.1 Å². The van der Waals surface area contributed by atoms with Crippen molar-refractivity contribution < 1.29 is 34.8 Å². The van der Waals surface area contributed by atoms with Gasteiger partial charge in [0, 0.05) is 78.8 Å². The second kappa shape index (κ2) is 19.6. The monoisotopic (exact) mass is 952 g/mol. The second-order valence-corrected chi connectivity index (χ2v) is 21.4.